The van der Waals surface area contributed by atoms with E-state index in [9.17, 15) is 4.39 Å². The van der Waals surface area contributed by atoms with E-state index in [0.717, 1.165) is 13.1 Å². The van der Waals surface area contributed by atoms with Gasteiger partial charge in [0, 0.05) is 25.2 Å². The fourth-order valence-corrected chi connectivity index (χ4v) is 2.25. The molecule has 0 spiro atoms. The lowest BCUT2D eigenvalue weighted by Crippen LogP contribution is -2.45. The minimum Gasteiger partial charge on any atom is -0.329 e. The summed E-state index contributed by atoms with van der Waals surface area (Å²) < 4.78 is 13.7. The van der Waals surface area contributed by atoms with Crippen molar-refractivity contribution in [1.29, 1.82) is 0 Å². The van der Waals surface area contributed by atoms with Crippen LogP contribution in [0.25, 0.3) is 0 Å². The first-order chi connectivity index (χ1) is 8.31. The van der Waals surface area contributed by atoms with Crippen LogP contribution >= 0.6 is 0 Å². The zero-order valence-electron chi connectivity index (χ0n) is 10.0. The van der Waals surface area contributed by atoms with Crippen LogP contribution in [-0.4, -0.2) is 24.6 Å². The highest BCUT2D eigenvalue weighted by Crippen LogP contribution is 2.17. The van der Waals surface area contributed by atoms with Crippen LogP contribution in [0, 0.1) is 5.82 Å². The number of nitrogens with two attached hydrogens (primary N) is 1. The number of benzene rings is 1. The Morgan fingerprint density at radius 3 is 2.59 bits per heavy atom. The van der Waals surface area contributed by atoms with E-state index in [0.29, 0.717) is 12.1 Å². The number of nitrogens with one attached hydrogen (secondary N) is 1. The lowest BCUT2D eigenvalue weighted by molar-refractivity contribution is 0.129. The van der Waals surface area contributed by atoms with Gasteiger partial charge in [-0.15, -0.1) is 0 Å². The van der Waals surface area contributed by atoms with Crippen molar-refractivity contribution in [2.75, 3.05) is 19.6 Å². The summed E-state index contributed by atoms with van der Waals surface area (Å²) in [5.74, 6) is -0.188. The van der Waals surface area contributed by atoms with E-state index in [1.807, 2.05) is 6.07 Å². The van der Waals surface area contributed by atoms with E-state index in [2.05, 4.69) is 10.4 Å². The van der Waals surface area contributed by atoms with E-state index in [4.69, 9.17) is 5.73 Å². The fourth-order valence-electron chi connectivity index (χ4n) is 2.25. The van der Waals surface area contributed by atoms with Crippen molar-refractivity contribution in [2.24, 2.45) is 5.73 Å². The predicted molar refractivity (Wildman–Crippen MR) is 66.8 cm³/mol. The molecule has 0 radical (unpaired) electrons. The van der Waals surface area contributed by atoms with Crippen molar-refractivity contribution < 1.29 is 4.39 Å². The Hall–Kier alpha value is -0.970. The van der Waals surface area contributed by atoms with Crippen LogP contribution < -0.4 is 11.2 Å². The second-order valence-corrected chi connectivity index (χ2v) is 4.49. The molecule has 2 rings (SSSR count). The zero-order chi connectivity index (χ0) is 12.1. The van der Waals surface area contributed by atoms with Gasteiger partial charge in [0.1, 0.15) is 5.82 Å². The molecule has 94 valence electrons. The number of halogens is 1. The Balaban J connectivity index is 2.03. The highest BCUT2D eigenvalue weighted by atomic mass is 19.1. The van der Waals surface area contributed by atoms with Gasteiger partial charge in [-0.25, -0.2) is 14.8 Å². The molecule has 3 nitrogen and oxygen atoms in total. The zero-order valence-corrected chi connectivity index (χ0v) is 10.0. The summed E-state index contributed by atoms with van der Waals surface area (Å²) in [5.41, 5.74) is 9.72. The van der Waals surface area contributed by atoms with Crippen LogP contribution in [0.1, 0.15) is 30.9 Å². The van der Waals surface area contributed by atoms with Gasteiger partial charge in [0.25, 0.3) is 0 Å². The lowest BCUT2D eigenvalue weighted by Gasteiger charge is -2.31. The van der Waals surface area contributed by atoms with E-state index in [1.165, 1.54) is 25.3 Å². The van der Waals surface area contributed by atoms with E-state index in [1.54, 1.807) is 12.1 Å². The van der Waals surface area contributed by atoms with Crippen molar-refractivity contribution in [3.05, 3.63) is 35.6 Å². The molecule has 1 fully saturated rings. The van der Waals surface area contributed by atoms with E-state index < -0.39 is 0 Å². The second-order valence-electron chi connectivity index (χ2n) is 4.49. The number of rotatable bonds is 4. The standard InChI is InChI=1S/C13H20FN3/c14-12-7-3-2-6-11(12)13(10-15)16-17-8-4-1-5-9-17/h2-3,6-7,13,16H,1,4-5,8-10,15H2. The number of nitrogens with zero attached hydrogens (tertiary/aromatic N) is 1. The minimum absolute atomic E-state index is 0.130. The molecule has 17 heavy (non-hydrogen) atoms. The third kappa shape index (κ3) is 3.25. The third-order valence-electron chi connectivity index (χ3n) is 3.21. The average Bonchev–Trinajstić information content (AvgIpc) is 2.38. The normalized spacial score (nSPS) is 19.2. The smallest absolute Gasteiger partial charge is 0.128 e. The molecular weight excluding hydrogens is 217 g/mol. The highest BCUT2D eigenvalue weighted by Gasteiger charge is 2.18. The molecule has 1 aliphatic heterocycles. The van der Waals surface area contributed by atoms with Gasteiger partial charge in [-0.2, -0.15) is 0 Å². The van der Waals surface area contributed by atoms with Crippen LogP contribution in [0.2, 0.25) is 0 Å². The maximum absolute atomic E-state index is 13.7. The van der Waals surface area contributed by atoms with Crippen molar-refractivity contribution in [1.82, 2.24) is 10.4 Å². The number of hydrogen-bond acceptors (Lipinski definition) is 3. The summed E-state index contributed by atoms with van der Waals surface area (Å²) in [6.45, 7) is 2.44. The number of hydrogen-bond donors (Lipinski definition) is 2. The quantitative estimate of drug-likeness (QED) is 0.839. The number of piperidine rings is 1. The van der Waals surface area contributed by atoms with Crippen LogP contribution in [0.4, 0.5) is 4.39 Å². The molecule has 1 aromatic carbocycles. The maximum Gasteiger partial charge on any atom is 0.128 e. The second kappa shape index (κ2) is 6.10. The monoisotopic (exact) mass is 237 g/mol. The molecule has 0 bridgehead atoms. The first kappa shape index (κ1) is 12.5. The molecule has 0 aromatic heterocycles. The topological polar surface area (TPSA) is 41.3 Å². The van der Waals surface area contributed by atoms with E-state index >= 15 is 0 Å². The van der Waals surface area contributed by atoms with Gasteiger partial charge in [0.2, 0.25) is 0 Å². The molecule has 0 aliphatic carbocycles. The van der Waals surface area contributed by atoms with Gasteiger partial charge in [0.05, 0.1) is 6.04 Å². The van der Waals surface area contributed by atoms with Crippen molar-refractivity contribution in [2.45, 2.75) is 25.3 Å². The van der Waals surface area contributed by atoms with Crippen LogP contribution in [0.3, 0.4) is 0 Å². The summed E-state index contributed by atoms with van der Waals surface area (Å²) in [4.78, 5) is 0. The Morgan fingerprint density at radius 1 is 1.24 bits per heavy atom. The predicted octanol–water partition coefficient (Wildman–Crippen LogP) is 1.82. The first-order valence-corrected chi connectivity index (χ1v) is 6.27. The molecule has 1 atom stereocenters. The maximum atomic E-state index is 13.7. The molecule has 1 heterocycles. The molecule has 1 saturated heterocycles. The van der Waals surface area contributed by atoms with Crippen molar-refractivity contribution in [3.8, 4) is 0 Å². The summed E-state index contributed by atoms with van der Waals surface area (Å²) in [7, 11) is 0. The molecule has 1 aliphatic rings. The largest absolute Gasteiger partial charge is 0.329 e. The fraction of sp³-hybridized carbons (Fsp3) is 0.538. The minimum atomic E-state index is -0.188. The SMILES string of the molecule is NCC(NN1CCCCC1)c1ccccc1F. The van der Waals surface area contributed by atoms with Gasteiger partial charge < -0.3 is 5.73 Å². The molecule has 1 unspecified atom stereocenters. The molecule has 0 amide bonds. The van der Waals surface area contributed by atoms with Gasteiger partial charge in [0.15, 0.2) is 0 Å². The Bertz CT molecular complexity index is 350. The van der Waals surface area contributed by atoms with Gasteiger partial charge in [-0.3, -0.25) is 0 Å². The van der Waals surface area contributed by atoms with Crippen molar-refractivity contribution >= 4 is 0 Å². The summed E-state index contributed by atoms with van der Waals surface area (Å²) >= 11 is 0. The highest BCUT2D eigenvalue weighted by molar-refractivity contribution is 5.21. The van der Waals surface area contributed by atoms with Gasteiger partial charge in [-0.1, -0.05) is 24.6 Å². The Labute approximate surface area is 102 Å². The Morgan fingerprint density at radius 2 is 1.94 bits per heavy atom. The van der Waals surface area contributed by atoms with Crippen LogP contribution in [0.5, 0.6) is 0 Å². The lowest BCUT2D eigenvalue weighted by atomic mass is 10.1. The molecule has 3 N–H and O–H groups in total. The molecule has 4 heteroatoms. The number of hydrazine groups is 1. The van der Waals surface area contributed by atoms with Gasteiger partial charge in [-0.05, 0) is 18.9 Å². The van der Waals surface area contributed by atoms with Gasteiger partial charge >= 0.3 is 0 Å². The van der Waals surface area contributed by atoms with Crippen LogP contribution in [0.15, 0.2) is 24.3 Å². The summed E-state index contributed by atoms with van der Waals surface area (Å²) in [6, 6.07) is 6.70. The molecule has 0 saturated carbocycles. The van der Waals surface area contributed by atoms with Crippen LogP contribution in [-0.2, 0) is 0 Å². The third-order valence-corrected chi connectivity index (χ3v) is 3.21. The summed E-state index contributed by atoms with van der Waals surface area (Å²) in [5, 5.41) is 2.16. The first-order valence-electron chi connectivity index (χ1n) is 6.27. The van der Waals surface area contributed by atoms with E-state index in [-0.39, 0.29) is 11.9 Å². The summed E-state index contributed by atoms with van der Waals surface area (Å²) in [6.07, 6.45) is 3.67. The van der Waals surface area contributed by atoms with Crippen molar-refractivity contribution in [3.63, 3.8) is 0 Å². The molecule has 1 aromatic rings. The average molecular weight is 237 g/mol. The Kier molecular flexibility index (Phi) is 4.48. The molecular formula is C13H20FN3.